The molecule has 19 heavy (non-hydrogen) atoms. The topological polar surface area (TPSA) is 42.0 Å². The van der Waals surface area contributed by atoms with Crippen LogP contribution in [0.5, 0.6) is 0 Å². The maximum atomic E-state index is 12.4. The Kier molecular flexibility index (Phi) is 4.74. The van der Waals surface area contributed by atoms with Gasteiger partial charge in [-0.25, -0.2) is 0 Å². The van der Waals surface area contributed by atoms with Crippen molar-refractivity contribution in [3.8, 4) is 0 Å². The molecule has 1 aromatic heterocycles. The van der Waals surface area contributed by atoms with Crippen LogP contribution in [0.15, 0.2) is 36.5 Å². The maximum absolute atomic E-state index is 12.4. The molecule has 2 rings (SSSR count). The molecule has 1 N–H and O–H groups in total. The van der Waals surface area contributed by atoms with Gasteiger partial charge in [0.15, 0.2) is 0 Å². The quantitative estimate of drug-likeness (QED) is 0.664. The van der Waals surface area contributed by atoms with Crippen molar-refractivity contribution in [1.29, 1.82) is 0 Å². The molecule has 0 bridgehead atoms. The average molecular weight is 368 g/mol. The highest BCUT2D eigenvalue weighted by molar-refractivity contribution is 14.1. The number of pyridine rings is 1. The van der Waals surface area contributed by atoms with Crippen LogP contribution in [0.3, 0.4) is 0 Å². The molecule has 3 nitrogen and oxygen atoms in total. The van der Waals surface area contributed by atoms with Crippen LogP contribution >= 0.6 is 22.6 Å². The average Bonchev–Trinajstić information content (AvgIpc) is 2.43. The third kappa shape index (κ3) is 3.23. The molecule has 100 valence electrons. The van der Waals surface area contributed by atoms with E-state index in [1.54, 1.807) is 6.20 Å². The lowest BCUT2D eigenvalue weighted by atomic mass is 10.0. The third-order valence-electron chi connectivity index (χ3n) is 3.18. The molecule has 1 atom stereocenters. The van der Waals surface area contributed by atoms with Gasteiger partial charge in [-0.1, -0.05) is 48.6 Å². The second-order valence-corrected chi connectivity index (χ2v) is 5.73. The molecule has 0 aliphatic heterocycles. The molecule has 1 amide bonds. The summed E-state index contributed by atoms with van der Waals surface area (Å²) in [5.74, 6) is 0.405. The fourth-order valence-electron chi connectivity index (χ4n) is 1.93. The SMILES string of the molecule is CC(C)C(CI)NC(=O)c1cccc2ncccc12. The van der Waals surface area contributed by atoms with E-state index in [0.29, 0.717) is 11.5 Å². The van der Waals surface area contributed by atoms with Crippen molar-refractivity contribution in [1.82, 2.24) is 10.3 Å². The third-order valence-corrected chi connectivity index (χ3v) is 4.13. The van der Waals surface area contributed by atoms with Gasteiger partial charge in [0.1, 0.15) is 0 Å². The van der Waals surface area contributed by atoms with Crippen molar-refractivity contribution in [2.24, 2.45) is 5.92 Å². The summed E-state index contributed by atoms with van der Waals surface area (Å²) in [4.78, 5) is 16.7. The van der Waals surface area contributed by atoms with E-state index < -0.39 is 0 Å². The molecule has 2 aromatic rings. The summed E-state index contributed by atoms with van der Waals surface area (Å²) in [6.45, 7) is 4.24. The van der Waals surface area contributed by atoms with E-state index in [-0.39, 0.29) is 11.9 Å². The van der Waals surface area contributed by atoms with Gasteiger partial charge in [-0.15, -0.1) is 0 Å². The minimum absolute atomic E-state index is 0.0195. The number of carbonyl (C=O) groups is 1. The molecule has 0 spiro atoms. The molecule has 1 heterocycles. The second-order valence-electron chi connectivity index (χ2n) is 4.85. The Bertz CT molecular complexity index is 578. The number of aromatic nitrogens is 1. The highest BCUT2D eigenvalue weighted by Gasteiger charge is 2.17. The first-order valence-electron chi connectivity index (χ1n) is 6.34. The lowest BCUT2D eigenvalue weighted by Gasteiger charge is -2.20. The summed E-state index contributed by atoms with van der Waals surface area (Å²) in [6.07, 6.45) is 1.74. The largest absolute Gasteiger partial charge is 0.348 e. The van der Waals surface area contributed by atoms with Crippen molar-refractivity contribution < 1.29 is 4.79 Å². The first-order valence-corrected chi connectivity index (χ1v) is 7.86. The van der Waals surface area contributed by atoms with Crippen LogP contribution in [0.25, 0.3) is 10.9 Å². The number of benzene rings is 1. The zero-order valence-electron chi connectivity index (χ0n) is 11.1. The Labute approximate surface area is 126 Å². The Morgan fingerprint density at radius 2 is 2.11 bits per heavy atom. The summed E-state index contributed by atoms with van der Waals surface area (Å²) in [5.41, 5.74) is 1.55. The van der Waals surface area contributed by atoms with Crippen LogP contribution in [0.1, 0.15) is 24.2 Å². The Balaban J connectivity index is 2.31. The van der Waals surface area contributed by atoms with E-state index >= 15 is 0 Å². The van der Waals surface area contributed by atoms with Gasteiger partial charge >= 0.3 is 0 Å². The molecular formula is C15H17IN2O. The van der Waals surface area contributed by atoms with Gasteiger partial charge in [0.25, 0.3) is 5.91 Å². The molecule has 1 unspecified atom stereocenters. The van der Waals surface area contributed by atoms with Crippen molar-refractivity contribution in [2.45, 2.75) is 19.9 Å². The Morgan fingerprint density at radius 1 is 1.32 bits per heavy atom. The van der Waals surface area contributed by atoms with Crippen LogP contribution < -0.4 is 5.32 Å². The summed E-state index contributed by atoms with van der Waals surface area (Å²) in [5, 5.41) is 4.00. The number of fused-ring (bicyclic) bond motifs is 1. The van der Waals surface area contributed by atoms with Gasteiger partial charge < -0.3 is 5.32 Å². The molecule has 0 fully saturated rings. The number of rotatable bonds is 4. The van der Waals surface area contributed by atoms with Gasteiger partial charge in [-0.05, 0) is 24.1 Å². The standard InChI is InChI=1S/C15H17IN2O/c1-10(2)14(9-16)18-15(19)12-5-3-7-13-11(12)6-4-8-17-13/h3-8,10,14H,9H2,1-2H3,(H,18,19). The van der Waals surface area contributed by atoms with Gasteiger partial charge in [-0.3, -0.25) is 9.78 Å². The molecule has 0 aliphatic carbocycles. The predicted octanol–water partition coefficient (Wildman–Crippen LogP) is 3.42. The fourth-order valence-corrected chi connectivity index (χ4v) is 3.17. The molecule has 0 radical (unpaired) electrons. The van der Waals surface area contributed by atoms with E-state index in [0.717, 1.165) is 15.3 Å². The summed E-state index contributed by atoms with van der Waals surface area (Å²) in [7, 11) is 0. The van der Waals surface area contributed by atoms with Crippen LogP contribution in [0, 0.1) is 5.92 Å². The highest BCUT2D eigenvalue weighted by atomic mass is 127. The van der Waals surface area contributed by atoms with E-state index in [1.807, 2.05) is 30.3 Å². The molecule has 1 aromatic carbocycles. The van der Waals surface area contributed by atoms with Gasteiger partial charge in [-0.2, -0.15) is 0 Å². The molecule has 0 saturated carbocycles. The minimum Gasteiger partial charge on any atom is -0.348 e. The number of hydrogen-bond acceptors (Lipinski definition) is 2. The van der Waals surface area contributed by atoms with Gasteiger partial charge in [0, 0.05) is 27.6 Å². The molecule has 0 aliphatic rings. The van der Waals surface area contributed by atoms with Crippen molar-refractivity contribution in [3.63, 3.8) is 0 Å². The number of nitrogens with zero attached hydrogens (tertiary/aromatic N) is 1. The monoisotopic (exact) mass is 368 g/mol. The van der Waals surface area contributed by atoms with Crippen LogP contribution in [-0.4, -0.2) is 21.4 Å². The van der Waals surface area contributed by atoms with Crippen molar-refractivity contribution in [2.75, 3.05) is 4.43 Å². The zero-order chi connectivity index (χ0) is 13.8. The lowest BCUT2D eigenvalue weighted by molar-refractivity contribution is 0.0934. The smallest absolute Gasteiger partial charge is 0.252 e. The number of amides is 1. The first kappa shape index (κ1) is 14.2. The highest BCUT2D eigenvalue weighted by Crippen LogP contribution is 2.17. The number of hydrogen-bond donors (Lipinski definition) is 1. The van der Waals surface area contributed by atoms with Gasteiger partial charge in [0.2, 0.25) is 0 Å². The van der Waals surface area contributed by atoms with E-state index in [9.17, 15) is 4.79 Å². The molecule has 4 heteroatoms. The fraction of sp³-hybridized carbons (Fsp3) is 0.333. The van der Waals surface area contributed by atoms with Crippen LogP contribution in [-0.2, 0) is 0 Å². The predicted molar refractivity (Wildman–Crippen MR) is 86.7 cm³/mol. The Morgan fingerprint density at radius 3 is 2.79 bits per heavy atom. The minimum atomic E-state index is -0.0195. The number of carbonyl (C=O) groups excluding carboxylic acids is 1. The van der Waals surface area contributed by atoms with Crippen molar-refractivity contribution in [3.05, 3.63) is 42.1 Å². The number of nitrogens with one attached hydrogen (secondary N) is 1. The van der Waals surface area contributed by atoms with Crippen LogP contribution in [0.2, 0.25) is 0 Å². The Hall–Kier alpha value is -1.17. The maximum Gasteiger partial charge on any atom is 0.252 e. The van der Waals surface area contributed by atoms with Crippen LogP contribution in [0.4, 0.5) is 0 Å². The lowest BCUT2D eigenvalue weighted by Crippen LogP contribution is -2.39. The molecule has 0 saturated heterocycles. The summed E-state index contributed by atoms with van der Waals surface area (Å²) in [6, 6.07) is 9.63. The van der Waals surface area contributed by atoms with E-state index in [2.05, 4.69) is 46.7 Å². The second kappa shape index (κ2) is 6.32. The van der Waals surface area contributed by atoms with Crippen molar-refractivity contribution >= 4 is 39.4 Å². The first-order chi connectivity index (χ1) is 9.13. The number of alkyl halides is 1. The normalized spacial score (nSPS) is 12.6. The zero-order valence-corrected chi connectivity index (χ0v) is 13.2. The van der Waals surface area contributed by atoms with E-state index in [1.165, 1.54) is 0 Å². The van der Waals surface area contributed by atoms with E-state index in [4.69, 9.17) is 0 Å². The van der Waals surface area contributed by atoms with Gasteiger partial charge in [0.05, 0.1) is 5.52 Å². The summed E-state index contributed by atoms with van der Waals surface area (Å²) < 4.78 is 0.907. The summed E-state index contributed by atoms with van der Waals surface area (Å²) >= 11 is 2.31. The molecular weight excluding hydrogens is 351 g/mol. The number of halogens is 1.